The van der Waals surface area contributed by atoms with Crippen molar-refractivity contribution in [3.63, 3.8) is 0 Å². The Morgan fingerprint density at radius 2 is 1.79 bits per heavy atom. The van der Waals surface area contributed by atoms with Crippen molar-refractivity contribution < 1.29 is 13.2 Å². The summed E-state index contributed by atoms with van der Waals surface area (Å²) >= 11 is 0. The van der Waals surface area contributed by atoms with E-state index in [0.717, 1.165) is 0 Å². The van der Waals surface area contributed by atoms with Crippen LogP contribution in [-0.2, 0) is 0 Å². The summed E-state index contributed by atoms with van der Waals surface area (Å²) in [6.45, 7) is 5.56. The molecule has 2 rings (SSSR count). The third-order valence-corrected chi connectivity index (χ3v) is 1.86. The van der Waals surface area contributed by atoms with Crippen molar-refractivity contribution in [1.82, 2.24) is 0 Å². The van der Waals surface area contributed by atoms with Gasteiger partial charge in [-0.1, -0.05) is 26.0 Å². The molecule has 0 aliphatic heterocycles. The number of halogens is 2. The fourth-order valence-electron chi connectivity index (χ4n) is 1.18. The SMILES string of the molecule is CC.Cc1c(F)oc2c(F)cccc12. The maximum Gasteiger partial charge on any atom is 0.281 e. The molecule has 1 nitrogen and oxygen atoms in total. The molecule has 0 saturated carbocycles. The first kappa shape index (κ1) is 10.7. The highest BCUT2D eigenvalue weighted by atomic mass is 19.1. The predicted octanol–water partition coefficient (Wildman–Crippen LogP) is 4.05. The molecule has 0 aliphatic rings. The maximum atomic E-state index is 12.9. The van der Waals surface area contributed by atoms with E-state index in [1.165, 1.54) is 12.1 Å². The van der Waals surface area contributed by atoms with Gasteiger partial charge in [0, 0.05) is 10.9 Å². The molecule has 76 valence electrons. The Morgan fingerprint density at radius 1 is 1.14 bits per heavy atom. The average Bonchev–Trinajstić information content (AvgIpc) is 2.50. The summed E-state index contributed by atoms with van der Waals surface area (Å²) in [4.78, 5) is 0. The van der Waals surface area contributed by atoms with Gasteiger partial charge in [0.1, 0.15) is 0 Å². The lowest BCUT2D eigenvalue weighted by Gasteiger charge is -1.88. The van der Waals surface area contributed by atoms with Gasteiger partial charge >= 0.3 is 0 Å². The van der Waals surface area contributed by atoms with Gasteiger partial charge in [-0.05, 0) is 13.0 Å². The lowest BCUT2D eigenvalue weighted by molar-refractivity contribution is 0.369. The van der Waals surface area contributed by atoms with E-state index in [1.54, 1.807) is 13.0 Å². The molecule has 0 atom stereocenters. The van der Waals surface area contributed by atoms with E-state index in [0.29, 0.717) is 10.9 Å². The van der Waals surface area contributed by atoms with E-state index in [4.69, 9.17) is 0 Å². The minimum atomic E-state index is -0.713. The van der Waals surface area contributed by atoms with Gasteiger partial charge in [-0.2, -0.15) is 4.39 Å². The number of rotatable bonds is 0. The molecule has 0 aliphatic carbocycles. The van der Waals surface area contributed by atoms with E-state index in [9.17, 15) is 8.78 Å². The standard InChI is InChI=1S/C9H6F2O.C2H6/c1-5-6-3-2-4-7(10)8(6)12-9(5)11;1-2/h2-4H,1H3;1-2H3. The van der Waals surface area contributed by atoms with Crippen LogP contribution in [0.2, 0.25) is 0 Å². The van der Waals surface area contributed by atoms with Gasteiger partial charge in [0.25, 0.3) is 6.01 Å². The summed E-state index contributed by atoms with van der Waals surface area (Å²) in [5.74, 6) is -0.528. The van der Waals surface area contributed by atoms with Crippen molar-refractivity contribution >= 4 is 11.0 Å². The number of fused-ring (bicyclic) bond motifs is 1. The lowest BCUT2D eigenvalue weighted by atomic mass is 10.2. The van der Waals surface area contributed by atoms with Crippen LogP contribution in [0.25, 0.3) is 11.0 Å². The largest absolute Gasteiger partial charge is 0.428 e. The molecule has 2 aromatic rings. The van der Waals surface area contributed by atoms with Crippen LogP contribution in [0.3, 0.4) is 0 Å². The molecular formula is C11H12F2O. The van der Waals surface area contributed by atoms with Crippen LogP contribution in [-0.4, -0.2) is 0 Å². The van der Waals surface area contributed by atoms with Gasteiger partial charge in [0.15, 0.2) is 11.4 Å². The molecule has 14 heavy (non-hydrogen) atoms. The zero-order valence-corrected chi connectivity index (χ0v) is 8.40. The smallest absolute Gasteiger partial charge is 0.281 e. The Kier molecular flexibility index (Phi) is 3.23. The molecule has 1 heterocycles. The first-order valence-corrected chi connectivity index (χ1v) is 4.53. The van der Waals surface area contributed by atoms with Crippen molar-refractivity contribution in [2.45, 2.75) is 20.8 Å². The van der Waals surface area contributed by atoms with Crippen molar-refractivity contribution in [1.29, 1.82) is 0 Å². The second-order valence-corrected chi connectivity index (χ2v) is 2.62. The van der Waals surface area contributed by atoms with Crippen LogP contribution >= 0.6 is 0 Å². The summed E-state index contributed by atoms with van der Waals surface area (Å²) in [5.41, 5.74) is 0.344. The van der Waals surface area contributed by atoms with Crippen LogP contribution in [0.1, 0.15) is 19.4 Å². The first-order chi connectivity index (χ1) is 6.70. The molecule has 0 bridgehead atoms. The fraction of sp³-hybridized carbons (Fsp3) is 0.273. The Balaban J connectivity index is 0.000000461. The van der Waals surface area contributed by atoms with Gasteiger partial charge in [-0.15, -0.1) is 0 Å². The Bertz CT molecular complexity index is 432. The molecule has 0 radical (unpaired) electrons. The zero-order chi connectivity index (χ0) is 10.7. The normalized spacial score (nSPS) is 9.79. The number of benzene rings is 1. The molecule has 1 aromatic carbocycles. The van der Waals surface area contributed by atoms with Gasteiger partial charge in [-0.3, -0.25) is 0 Å². The van der Waals surface area contributed by atoms with Crippen molar-refractivity contribution in [2.75, 3.05) is 0 Å². The summed E-state index contributed by atoms with van der Waals surface area (Å²) in [7, 11) is 0. The first-order valence-electron chi connectivity index (χ1n) is 4.53. The van der Waals surface area contributed by atoms with Crippen molar-refractivity contribution in [3.05, 3.63) is 35.6 Å². The predicted molar refractivity (Wildman–Crippen MR) is 52.2 cm³/mol. The summed E-state index contributed by atoms with van der Waals surface area (Å²) in [6.07, 6.45) is 0. The Hall–Kier alpha value is -1.38. The van der Waals surface area contributed by atoms with Crippen LogP contribution < -0.4 is 0 Å². The fourth-order valence-corrected chi connectivity index (χ4v) is 1.18. The second-order valence-electron chi connectivity index (χ2n) is 2.62. The van der Waals surface area contributed by atoms with Gasteiger partial charge < -0.3 is 4.42 Å². The molecule has 0 saturated heterocycles. The van der Waals surface area contributed by atoms with Crippen molar-refractivity contribution in [3.8, 4) is 0 Å². The molecular weight excluding hydrogens is 186 g/mol. The van der Waals surface area contributed by atoms with E-state index in [-0.39, 0.29) is 5.58 Å². The molecule has 0 amide bonds. The Morgan fingerprint density at radius 3 is 2.36 bits per heavy atom. The summed E-state index contributed by atoms with van der Waals surface area (Å²) < 4.78 is 30.3. The minimum Gasteiger partial charge on any atom is -0.428 e. The second kappa shape index (κ2) is 4.22. The summed E-state index contributed by atoms with van der Waals surface area (Å²) in [6, 6.07) is 3.68. The quantitative estimate of drug-likeness (QED) is 0.622. The molecule has 0 unspecified atom stereocenters. The van der Waals surface area contributed by atoms with Crippen molar-refractivity contribution in [2.24, 2.45) is 0 Å². The Labute approximate surface area is 81.3 Å². The highest BCUT2D eigenvalue weighted by molar-refractivity contribution is 5.81. The number of hydrogen-bond donors (Lipinski definition) is 0. The lowest BCUT2D eigenvalue weighted by Crippen LogP contribution is -1.73. The maximum absolute atomic E-state index is 12.9. The van der Waals surface area contributed by atoms with E-state index < -0.39 is 11.8 Å². The number of hydrogen-bond acceptors (Lipinski definition) is 1. The molecule has 0 fully saturated rings. The molecule has 0 N–H and O–H groups in total. The van der Waals surface area contributed by atoms with E-state index >= 15 is 0 Å². The topological polar surface area (TPSA) is 13.1 Å². The molecule has 0 spiro atoms. The minimum absolute atomic E-state index is 0.00694. The highest BCUT2D eigenvalue weighted by Crippen LogP contribution is 2.25. The average molecular weight is 198 g/mol. The highest BCUT2D eigenvalue weighted by Gasteiger charge is 2.11. The monoisotopic (exact) mass is 198 g/mol. The van der Waals surface area contributed by atoms with Crippen LogP contribution in [0.15, 0.2) is 22.6 Å². The molecule has 1 aromatic heterocycles. The zero-order valence-electron chi connectivity index (χ0n) is 8.40. The van der Waals surface area contributed by atoms with Gasteiger partial charge in [-0.25, -0.2) is 4.39 Å². The van der Waals surface area contributed by atoms with E-state index in [1.807, 2.05) is 13.8 Å². The van der Waals surface area contributed by atoms with Gasteiger partial charge in [0.05, 0.1) is 0 Å². The number of furan rings is 1. The van der Waals surface area contributed by atoms with Crippen LogP contribution in [0, 0.1) is 18.8 Å². The molecule has 3 heteroatoms. The van der Waals surface area contributed by atoms with Gasteiger partial charge in [0.2, 0.25) is 0 Å². The summed E-state index contributed by atoms with van der Waals surface area (Å²) in [5, 5.41) is 0.493. The number of aryl methyl sites for hydroxylation is 1. The van der Waals surface area contributed by atoms with Crippen LogP contribution in [0.5, 0.6) is 0 Å². The third kappa shape index (κ3) is 1.62. The third-order valence-electron chi connectivity index (χ3n) is 1.86. The number of para-hydroxylation sites is 1. The van der Waals surface area contributed by atoms with E-state index in [2.05, 4.69) is 4.42 Å². The van der Waals surface area contributed by atoms with Crippen LogP contribution in [0.4, 0.5) is 8.78 Å².